The first kappa shape index (κ1) is 16.5. The molecule has 1 aliphatic rings. The standard InChI is InChI=1S/C16H25N3O3/c1-11(2)9-19-6-5-18(12(3)16(19)21)10-13-7-14(20)15(22-4)8-17-13/h7-8,11-12H,5-6,9-10H2,1-4H3,(H,17,20)/t12-/m0/s1. The third kappa shape index (κ3) is 3.68. The molecule has 1 N–H and O–H groups in total. The van der Waals surface area contributed by atoms with Crippen molar-refractivity contribution in [3.8, 4) is 5.75 Å². The minimum absolute atomic E-state index is 0.145. The molecular weight excluding hydrogens is 282 g/mol. The van der Waals surface area contributed by atoms with Gasteiger partial charge in [0.2, 0.25) is 11.3 Å². The predicted octanol–water partition coefficient (Wildman–Crippen LogP) is 1.07. The Morgan fingerprint density at radius 3 is 2.68 bits per heavy atom. The number of hydrogen-bond acceptors (Lipinski definition) is 4. The zero-order valence-corrected chi connectivity index (χ0v) is 13.8. The Morgan fingerprint density at radius 1 is 1.36 bits per heavy atom. The first-order valence-corrected chi connectivity index (χ1v) is 7.70. The number of ether oxygens (including phenoxy) is 1. The van der Waals surface area contributed by atoms with E-state index in [0.29, 0.717) is 18.2 Å². The number of rotatable bonds is 5. The number of methoxy groups -OCH3 is 1. The van der Waals surface area contributed by atoms with Crippen molar-refractivity contribution in [2.75, 3.05) is 26.7 Å². The molecule has 22 heavy (non-hydrogen) atoms. The topological polar surface area (TPSA) is 65.6 Å². The van der Waals surface area contributed by atoms with Gasteiger partial charge in [-0.1, -0.05) is 13.8 Å². The van der Waals surface area contributed by atoms with Gasteiger partial charge in [-0.15, -0.1) is 0 Å². The van der Waals surface area contributed by atoms with Crippen LogP contribution < -0.4 is 10.2 Å². The Hall–Kier alpha value is -1.82. The van der Waals surface area contributed by atoms with E-state index in [1.54, 1.807) is 6.20 Å². The Morgan fingerprint density at radius 2 is 2.09 bits per heavy atom. The molecule has 0 aromatic carbocycles. The summed E-state index contributed by atoms with van der Waals surface area (Å²) >= 11 is 0. The fourth-order valence-electron chi connectivity index (χ4n) is 2.78. The zero-order valence-electron chi connectivity index (χ0n) is 13.8. The van der Waals surface area contributed by atoms with Crippen LogP contribution in [-0.2, 0) is 11.3 Å². The van der Waals surface area contributed by atoms with Crippen molar-refractivity contribution in [1.82, 2.24) is 14.8 Å². The average molecular weight is 307 g/mol. The van der Waals surface area contributed by atoms with E-state index in [-0.39, 0.29) is 17.4 Å². The van der Waals surface area contributed by atoms with Crippen LogP contribution in [0.2, 0.25) is 0 Å². The number of nitrogens with one attached hydrogen (secondary N) is 1. The van der Waals surface area contributed by atoms with Gasteiger partial charge in [0, 0.05) is 44.1 Å². The van der Waals surface area contributed by atoms with E-state index in [1.165, 1.54) is 13.2 Å². The van der Waals surface area contributed by atoms with Crippen LogP contribution >= 0.6 is 0 Å². The van der Waals surface area contributed by atoms with Crippen LogP contribution in [0.1, 0.15) is 26.5 Å². The minimum atomic E-state index is -0.168. The van der Waals surface area contributed by atoms with Gasteiger partial charge in [0.05, 0.1) is 13.2 Å². The molecule has 1 atom stereocenters. The number of carbonyl (C=O) groups excluding carboxylic acids is 1. The molecule has 1 saturated heterocycles. The lowest BCUT2D eigenvalue weighted by molar-refractivity contribution is -0.142. The molecule has 122 valence electrons. The van der Waals surface area contributed by atoms with Crippen molar-refractivity contribution in [1.29, 1.82) is 0 Å². The third-order valence-electron chi connectivity index (χ3n) is 3.99. The highest BCUT2D eigenvalue weighted by atomic mass is 16.5. The lowest BCUT2D eigenvalue weighted by atomic mass is 10.1. The molecule has 6 heteroatoms. The molecule has 1 aromatic heterocycles. The van der Waals surface area contributed by atoms with Gasteiger partial charge >= 0.3 is 0 Å². The number of piperazine rings is 1. The Labute approximate surface area is 131 Å². The van der Waals surface area contributed by atoms with E-state index in [1.807, 2.05) is 11.8 Å². The first-order chi connectivity index (χ1) is 10.4. The maximum Gasteiger partial charge on any atom is 0.239 e. The lowest BCUT2D eigenvalue weighted by Crippen LogP contribution is -2.56. The van der Waals surface area contributed by atoms with Gasteiger partial charge in [0.1, 0.15) is 0 Å². The van der Waals surface area contributed by atoms with E-state index >= 15 is 0 Å². The maximum absolute atomic E-state index is 12.4. The monoisotopic (exact) mass is 307 g/mol. The van der Waals surface area contributed by atoms with Gasteiger partial charge in [-0.05, 0) is 12.8 Å². The zero-order chi connectivity index (χ0) is 16.3. The molecule has 1 aliphatic heterocycles. The largest absolute Gasteiger partial charge is 0.491 e. The first-order valence-electron chi connectivity index (χ1n) is 7.70. The molecular formula is C16H25N3O3. The van der Waals surface area contributed by atoms with Crippen LogP contribution in [0.5, 0.6) is 5.75 Å². The summed E-state index contributed by atoms with van der Waals surface area (Å²) in [6, 6.07) is 1.37. The van der Waals surface area contributed by atoms with Gasteiger partial charge in [0.15, 0.2) is 5.75 Å². The van der Waals surface area contributed by atoms with E-state index in [4.69, 9.17) is 4.74 Å². The van der Waals surface area contributed by atoms with Crippen LogP contribution in [0.25, 0.3) is 0 Å². The normalized spacial score (nSPS) is 19.8. The fourth-order valence-corrected chi connectivity index (χ4v) is 2.78. The van der Waals surface area contributed by atoms with Gasteiger partial charge in [-0.25, -0.2) is 0 Å². The number of amides is 1. The molecule has 0 radical (unpaired) electrons. The van der Waals surface area contributed by atoms with Crippen LogP contribution in [0, 0.1) is 5.92 Å². The van der Waals surface area contributed by atoms with Gasteiger partial charge in [-0.3, -0.25) is 14.5 Å². The summed E-state index contributed by atoms with van der Waals surface area (Å²) in [4.78, 5) is 31.3. The summed E-state index contributed by atoms with van der Waals surface area (Å²) in [5, 5.41) is 0. The van der Waals surface area contributed by atoms with Crippen molar-refractivity contribution in [2.45, 2.75) is 33.4 Å². The number of hydrogen-bond donors (Lipinski definition) is 1. The molecule has 2 heterocycles. The van der Waals surface area contributed by atoms with Crippen LogP contribution in [-0.4, -0.2) is 53.5 Å². The number of aromatic nitrogens is 1. The highest BCUT2D eigenvalue weighted by molar-refractivity contribution is 5.82. The summed E-state index contributed by atoms with van der Waals surface area (Å²) in [6.45, 7) is 9.07. The molecule has 0 unspecified atom stereocenters. The van der Waals surface area contributed by atoms with Crippen molar-refractivity contribution in [2.24, 2.45) is 5.92 Å². The van der Waals surface area contributed by atoms with Crippen LogP contribution in [0.4, 0.5) is 0 Å². The minimum Gasteiger partial charge on any atom is -0.491 e. The molecule has 0 aliphatic carbocycles. The maximum atomic E-state index is 12.4. The quantitative estimate of drug-likeness (QED) is 0.884. The summed E-state index contributed by atoms with van der Waals surface area (Å²) in [7, 11) is 1.47. The van der Waals surface area contributed by atoms with Crippen molar-refractivity contribution >= 4 is 5.91 Å². The number of H-pyrrole nitrogens is 1. The Kier molecular flexibility index (Phi) is 5.24. The van der Waals surface area contributed by atoms with Crippen LogP contribution in [0.3, 0.4) is 0 Å². The van der Waals surface area contributed by atoms with Gasteiger partial charge < -0.3 is 14.6 Å². The predicted molar refractivity (Wildman–Crippen MR) is 84.9 cm³/mol. The molecule has 6 nitrogen and oxygen atoms in total. The van der Waals surface area contributed by atoms with Gasteiger partial charge in [0.25, 0.3) is 0 Å². The highest BCUT2D eigenvalue weighted by Crippen LogP contribution is 2.15. The summed E-state index contributed by atoms with van der Waals surface area (Å²) in [6.07, 6.45) is 1.57. The highest BCUT2D eigenvalue weighted by Gasteiger charge is 2.31. The summed E-state index contributed by atoms with van der Waals surface area (Å²) in [5.74, 6) is 0.936. The molecule has 1 aromatic rings. The van der Waals surface area contributed by atoms with E-state index in [2.05, 4.69) is 23.7 Å². The summed E-state index contributed by atoms with van der Waals surface area (Å²) < 4.78 is 4.96. The number of carbonyl (C=O) groups is 1. The number of aromatic amines is 1. The summed E-state index contributed by atoms with van der Waals surface area (Å²) in [5.41, 5.74) is 0.649. The van der Waals surface area contributed by atoms with Crippen molar-refractivity contribution < 1.29 is 9.53 Å². The van der Waals surface area contributed by atoms with E-state index < -0.39 is 0 Å². The second-order valence-electron chi connectivity index (χ2n) is 6.22. The third-order valence-corrected chi connectivity index (χ3v) is 3.99. The number of nitrogens with zero attached hydrogens (tertiary/aromatic N) is 2. The molecule has 0 spiro atoms. The van der Waals surface area contributed by atoms with E-state index in [0.717, 1.165) is 25.3 Å². The lowest BCUT2D eigenvalue weighted by Gasteiger charge is -2.39. The second-order valence-corrected chi connectivity index (χ2v) is 6.22. The number of pyridine rings is 1. The Bertz CT molecular complexity index is 582. The fraction of sp³-hybridized carbons (Fsp3) is 0.625. The van der Waals surface area contributed by atoms with Crippen molar-refractivity contribution in [3.63, 3.8) is 0 Å². The second kappa shape index (κ2) is 6.96. The molecule has 1 fully saturated rings. The van der Waals surface area contributed by atoms with Crippen molar-refractivity contribution in [3.05, 3.63) is 28.2 Å². The molecule has 1 amide bonds. The molecule has 0 saturated carbocycles. The van der Waals surface area contributed by atoms with E-state index in [9.17, 15) is 9.59 Å². The van der Waals surface area contributed by atoms with Crippen LogP contribution in [0.15, 0.2) is 17.1 Å². The van der Waals surface area contributed by atoms with Gasteiger partial charge in [-0.2, -0.15) is 0 Å². The average Bonchev–Trinajstić information content (AvgIpc) is 2.47. The Balaban J connectivity index is 2.04. The SMILES string of the molecule is COc1c[nH]c(CN2CCN(CC(C)C)C(=O)[C@@H]2C)cc1=O. The molecule has 0 bridgehead atoms. The smallest absolute Gasteiger partial charge is 0.239 e. The molecule has 2 rings (SSSR count).